The van der Waals surface area contributed by atoms with E-state index in [1.807, 2.05) is 24.6 Å². The Morgan fingerprint density at radius 3 is 2.95 bits per heavy atom. The zero-order valence-corrected chi connectivity index (χ0v) is 11.7. The Bertz CT molecular complexity index is 552. The van der Waals surface area contributed by atoms with Crippen LogP contribution in [-0.4, -0.2) is 33.0 Å². The van der Waals surface area contributed by atoms with Crippen LogP contribution in [0, 0.1) is 0 Å². The topological polar surface area (TPSA) is 71.8 Å². The Balaban J connectivity index is 2.00. The van der Waals surface area contributed by atoms with E-state index < -0.39 is 0 Å². The minimum absolute atomic E-state index is 0.0133. The van der Waals surface area contributed by atoms with Gasteiger partial charge < -0.3 is 15.2 Å². The van der Waals surface area contributed by atoms with Gasteiger partial charge in [0.05, 0.1) is 23.8 Å². The van der Waals surface area contributed by atoms with Gasteiger partial charge in [0, 0.05) is 37.7 Å². The monoisotopic (exact) mass is 273 g/mol. The van der Waals surface area contributed by atoms with Crippen LogP contribution >= 0.6 is 0 Å². The first-order valence-electron chi connectivity index (χ1n) is 6.65. The molecule has 2 rings (SSSR count). The lowest BCUT2D eigenvalue weighted by molar-refractivity contribution is 0.0937. The van der Waals surface area contributed by atoms with Crippen molar-refractivity contribution in [2.45, 2.75) is 26.4 Å². The number of aromatic nitrogens is 3. The van der Waals surface area contributed by atoms with Gasteiger partial charge in [-0.15, -0.1) is 0 Å². The molecule has 20 heavy (non-hydrogen) atoms. The smallest absolute Gasteiger partial charge is 0.253 e. The molecule has 0 saturated heterocycles. The zero-order chi connectivity index (χ0) is 14.4. The zero-order valence-electron chi connectivity index (χ0n) is 11.7. The maximum atomic E-state index is 12.3. The number of hydrogen-bond acceptors (Lipinski definition) is 4. The normalized spacial score (nSPS) is 11.9. The summed E-state index contributed by atoms with van der Waals surface area (Å²) in [6.07, 6.45) is 8.62. The van der Waals surface area contributed by atoms with Gasteiger partial charge >= 0.3 is 0 Å². The number of carbonyl (C=O) groups excluding carboxylic acids is 1. The van der Waals surface area contributed by atoms with Crippen LogP contribution in [0.1, 0.15) is 24.2 Å². The van der Waals surface area contributed by atoms with Crippen LogP contribution in [-0.2, 0) is 6.54 Å². The van der Waals surface area contributed by atoms with Crippen molar-refractivity contribution < 1.29 is 4.79 Å². The molecule has 0 aliphatic heterocycles. The third kappa shape index (κ3) is 3.57. The number of pyridine rings is 1. The fourth-order valence-electron chi connectivity index (χ4n) is 1.98. The quantitative estimate of drug-likeness (QED) is 0.837. The van der Waals surface area contributed by atoms with Gasteiger partial charge in [-0.25, -0.2) is 4.98 Å². The van der Waals surface area contributed by atoms with Gasteiger partial charge in [0.15, 0.2) is 0 Å². The Morgan fingerprint density at radius 2 is 2.25 bits per heavy atom. The molecule has 1 amide bonds. The second-order valence-corrected chi connectivity index (χ2v) is 4.59. The molecule has 2 N–H and O–H groups in total. The summed E-state index contributed by atoms with van der Waals surface area (Å²) in [7, 11) is 0. The highest BCUT2D eigenvalue weighted by Crippen LogP contribution is 2.13. The summed E-state index contributed by atoms with van der Waals surface area (Å²) in [5, 5.41) is 6.12. The Morgan fingerprint density at radius 1 is 1.40 bits per heavy atom. The van der Waals surface area contributed by atoms with E-state index in [-0.39, 0.29) is 11.9 Å². The van der Waals surface area contributed by atoms with Gasteiger partial charge in [0.2, 0.25) is 0 Å². The van der Waals surface area contributed by atoms with Crippen molar-refractivity contribution >= 4 is 11.6 Å². The highest BCUT2D eigenvalue weighted by Gasteiger charge is 2.13. The Labute approximate surface area is 118 Å². The third-order valence-corrected chi connectivity index (χ3v) is 2.85. The van der Waals surface area contributed by atoms with E-state index in [1.54, 1.807) is 31.0 Å². The van der Waals surface area contributed by atoms with Crippen molar-refractivity contribution in [2.75, 3.05) is 11.9 Å². The average Bonchev–Trinajstić information content (AvgIpc) is 2.92. The number of imidazole rings is 1. The predicted molar refractivity (Wildman–Crippen MR) is 77.6 cm³/mol. The van der Waals surface area contributed by atoms with Crippen molar-refractivity contribution in [2.24, 2.45) is 0 Å². The predicted octanol–water partition coefficient (Wildman–Crippen LogP) is 1.53. The second-order valence-electron chi connectivity index (χ2n) is 4.59. The van der Waals surface area contributed by atoms with Gasteiger partial charge in [-0.05, 0) is 19.9 Å². The number of rotatable bonds is 6. The largest absolute Gasteiger partial charge is 0.383 e. The first-order chi connectivity index (χ1) is 9.70. The molecule has 1 unspecified atom stereocenters. The molecular formula is C14H19N5O. The summed E-state index contributed by atoms with van der Waals surface area (Å²) in [6.45, 7) is 5.38. The molecule has 106 valence electrons. The van der Waals surface area contributed by atoms with Crippen LogP contribution in [0.3, 0.4) is 0 Å². The average molecular weight is 273 g/mol. The molecule has 0 aliphatic rings. The van der Waals surface area contributed by atoms with Crippen molar-refractivity contribution in [1.29, 1.82) is 0 Å². The number of nitrogens with zero attached hydrogens (tertiary/aromatic N) is 3. The Hall–Kier alpha value is -2.37. The molecule has 0 spiro atoms. The highest BCUT2D eigenvalue weighted by molar-refractivity contribution is 5.99. The standard InChI is InChI=1S/C14H19N5O/c1-3-17-13-8-15-5-4-12(13)14(20)18-11(2)9-19-7-6-16-10-19/h4-8,10-11,17H,3,9H2,1-2H3,(H,18,20). The molecule has 6 nitrogen and oxygen atoms in total. The molecule has 0 aliphatic carbocycles. The minimum atomic E-state index is -0.101. The fraction of sp³-hybridized carbons (Fsp3) is 0.357. The first-order valence-corrected chi connectivity index (χ1v) is 6.65. The molecule has 0 bridgehead atoms. The summed E-state index contributed by atoms with van der Waals surface area (Å²) in [4.78, 5) is 20.3. The van der Waals surface area contributed by atoms with E-state index in [0.29, 0.717) is 12.1 Å². The number of nitrogens with one attached hydrogen (secondary N) is 2. The van der Waals surface area contributed by atoms with E-state index in [1.165, 1.54) is 0 Å². The maximum Gasteiger partial charge on any atom is 0.253 e. The van der Waals surface area contributed by atoms with Crippen LogP contribution in [0.4, 0.5) is 5.69 Å². The molecule has 2 aromatic rings. The minimum Gasteiger partial charge on any atom is -0.383 e. The first kappa shape index (κ1) is 14.0. The molecule has 2 heterocycles. The van der Waals surface area contributed by atoms with Crippen LogP contribution < -0.4 is 10.6 Å². The van der Waals surface area contributed by atoms with Gasteiger partial charge in [-0.1, -0.05) is 0 Å². The second kappa shape index (κ2) is 6.70. The van der Waals surface area contributed by atoms with Crippen molar-refractivity contribution in [3.63, 3.8) is 0 Å². The summed E-state index contributed by atoms with van der Waals surface area (Å²) >= 11 is 0. The summed E-state index contributed by atoms with van der Waals surface area (Å²) in [6, 6.07) is 1.73. The lowest BCUT2D eigenvalue weighted by atomic mass is 10.2. The number of hydrogen-bond donors (Lipinski definition) is 2. The van der Waals surface area contributed by atoms with Gasteiger partial charge in [-0.2, -0.15) is 0 Å². The van der Waals surface area contributed by atoms with Gasteiger partial charge in [-0.3, -0.25) is 9.78 Å². The van der Waals surface area contributed by atoms with Crippen LogP contribution in [0.15, 0.2) is 37.2 Å². The summed E-state index contributed by atoms with van der Waals surface area (Å²) < 4.78 is 1.93. The van der Waals surface area contributed by atoms with E-state index in [4.69, 9.17) is 0 Å². The molecular weight excluding hydrogens is 254 g/mol. The Kier molecular flexibility index (Phi) is 4.70. The fourth-order valence-corrected chi connectivity index (χ4v) is 1.98. The summed E-state index contributed by atoms with van der Waals surface area (Å²) in [5.41, 5.74) is 1.36. The van der Waals surface area contributed by atoms with E-state index in [2.05, 4.69) is 20.6 Å². The molecule has 0 aromatic carbocycles. The van der Waals surface area contributed by atoms with Gasteiger partial charge in [0.25, 0.3) is 5.91 Å². The van der Waals surface area contributed by atoms with E-state index in [9.17, 15) is 4.79 Å². The third-order valence-electron chi connectivity index (χ3n) is 2.85. The number of anilines is 1. The maximum absolute atomic E-state index is 12.3. The number of carbonyl (C=O) groups is 1. The van der Waals surface area contributed by atoms with E-state index >= 15 is 0 Å². The van der Waals surface area contributed by atoms with E-state index in [0.717, 1.165) is 12.2 Å². The lowest BCUT2D eigenvalue weighted by Gasteiger charge is -2.16. The van der Waals surface area contributed by atoms with Crippen LogP contribution in [0.2, 0.25) is 0 Å². The summed E-state index contributed by atoms with van der Waals surface area (Å²) in [5.74, 6) is -0.101. The van der Waals surface area contributed by atoms with Crippen molar-refractivity contribution in [3.8, 4) is 0 Å². The van der Waals surface area contributed by atoms with Crippen LogP contribution in [0.5, 0.6) is 0 Å². The highest BCUT2D eigenvalue weighted by atomic mass is 16.1. The molecule has 0 fully saturated rings. The molecule has 0 radical (unpaired) electrons. The van der Waals surface area contributed by atoms with Crippen molar-refractivity contribution in [3.05, 3.63) is 42.7 Å². The lowest BCUT2D eigenvalue weighted by Crippen LogP contribution is -2.35. The molecule has 1 atom stereocenters. The molecule has 2 aromatic heterocycles. The van der Waals surface area contributed by atoms with Gasteiger partial charge in [0.1, 0.15) is 0 Å². The number of amides is 1. The molecule has 6 heteroatoms. The van der Waals surface area contributed by atoms with Crippen LogP contribution in [0.25, 0.3) is 0 Å². The van der Waals surface area contributed by atoms with Crippen molar-refractivity contribution in [1.82, 2.24) is 19.9 Å². The molecule has 0 saturated carbocycles. The SMILES string of the molecule is CCNc1cnccc1C(=O)NC(C)Cn1ccnc1.